The fourth-order valence-corrected chi connectivity index (χ4v) is 2.64. The second-order valence-electron chi connectivity index (χ2n) is 4.33. The Hall–Kier alpha value is -0.680. The zero-order valence-electron chi connectivity index (χ0n) is 9.01. The van der Waals surface area contributed by atoms with E-state index in [0.29, 0.717) is 5.11 Å². The van der Waals surface area contributed by atoms with Crippen LogP contribution in [-0.4, -0.2) is 41.1 Å². The average molecular weight is 227 g/mol. The van der Waals surface area contributed by atoms with E-state index in [0.717, 1.165) is 32.5 Å². The van der Waals surface area contributed by atoms with Crippen molar-refractivity contribution in [2.75, 3.05) is 19.6 Å². The van der Waals surface area contributed by atoms with Crippen LogP contribution in [0.25, 0.3) is 0 Å². The van der Waals surface area contributed by atoms with E-state index < -0.39 is 5.54 Å². The molecular weight excluding hydrogens is 210 g/mol. The van der Waals surface area contributed by atoms with Crippen LogP contribution in [-0.2, 0) is 4.79 Å². The number of likely N-dealkylation sites (tertiary alicyclic amines) is 1. The van der Waals surface area contributed by atoms with Crippen LogP contribution in [0.2, 0.25) is 0 Å². The summed E-state index contributed by atoms with van der Waals surface area (Å²) in [5.74, 6) is 0.0589. The van der Waals surface area contributed by atoms with Crippen LogP contribution in [0.3, 0.4) is 0 Å². The Balaban J connectivity index is 1.97. The molecule has 15 heavy (non-hydrogen) atoms. The molecule has 0 aromatic carbocycles. The predicted octanol–water partition coefficient (Wildman–Crippen LogP) is 0.235. The van der Waals surface area contributed by atoms with E-state index in [1.165, 1.54) is 6.42 Å². The van der Waals surface area contributed by atoms with Gasteiger partial charge < -0.3 is 15.5 Å². The van der Waals surface area contributed by atoms with Gasteiger partial charge in [0, 0.05) is 13.1 Å². The first-order valence-electron chi connectivity index (χ1n) is 5.52. The fourth-order valence-electron chi connectivity index (χ4n) is 2.35. The summed E-state index contributed by atoms with van der Waals surface area (Å²) in [4.78, 5) is 14.2. The standard InChI is InChI=1S/C10H17N3OS/c1-2-5-13-6-3-10(4-7-13)8(14)11-9(15)12-10/h2-7H2,1H3,(H2,11,12,14,15). The summed E-state index contributed by atoms with van der Waals surface area (Å²) in [6.45, 7) is 5.27. The second-order valence-corrected chi connectivity index (χ2v) is 4.74. The van der Waals surface area contributed by atoms with Crippen molar-refractivity contribution in [1.29, 1.82) is 0 Å². The summed E-state index contributed by atoms with van der Waals surface area (Å²) in [5, 5.41) is 6.30. The molecule has 0 radical (unpaired) electrons. The molecule has 4 nitrogen and oxygen atoms in total. The average Bonchev–Trinajstić information content (AvgIpc) is 2.47. The van der Waals surface area contributed by atoms with Crippen molar-refractivity contribution < 1.29 is 4.79 Å². The molecule has 1 amide bonds. The number of rotatable bonds is 2. The van der Waals surface area contributed by atoms with Gasteiger partial charge in [-0.25, -0.2) is 0 Å². The van der Waals surface area contributed by atoms with Crippen molar-refractivity contribution in [3.05, 3.63) is 0 Å². The number of amides is 1. The predicted molar refractivity (Wildman–Crippen MR) is 62.6 cm³/mol. The van der Waals surface area contributed by atoms with Crippen molar-refractivity contribution in [3.8, 4) is 0 Å². The largest absolute Gasteiger partial charge is 0.348 e. The Labute approximate surface area is 95.4 Å². The highest BCUT2D eigenvalue weighted by Gasteiger charge is 2.46. The first-order valence-corrected chi connectivity index (χ1v) is 5.93. The van der Waals surface area contributed by atoms with E-state index in [4.69, 9.17) is 12.2 Å². The molecule has 0 aliphatic carbocycles. The van der Waals surface area contributed by atoms with Crippen LogP contribution in [0.15, 0.2) is 0 Å². The smallest absolute Gasteiger partial charge is 0.251 e. The number of hydrogen-bond acceptors (Lipinski definition) is 3. The van der Waals surface area contributed by atoms with Crippen molar-refractivity contribution in [2.45, 2.75) is 31.7 Å². The number of nitrogens with zero attached hydrogens (tertiary/aromatic N) is 1. The third-order valence-corrected chi connectivity index (χ3v) is 3.47. The number of carbonyl (C=O) groups excluding carboxylic acids is 1. The van der Waals surface area contributed by atoms with Gasteiger partial charge in [-0.05, 0) is 38.0 Å². The summed E-state index contributed by atoms with van der Waals surface area (Å²) < 4.78 is 0. The van der Waals surface area contributed by atoms with Gasteiger partial charge in [-0.1, -0.05) is 6.92 Å². The lowest BCUT2D eigenvalue weighted by Crippen LogP contribution is -2.54. The topological polar surface area (TPSA) is 44.4 Å². The molecule has 2 heterocycles. The van der Waals surface area contributed by atoms with Crippen LogP contribution >= 0.6 is 12.2 Å². The van der Waals surface area contributed by atoms with Gasteiger partial charge in [0.25, 0.3) is 5.91 Å². The van der Waals surface area contributed by atoms with Gasteiger partial charge in [0.05, 0.1) is 0 Å². The molecule has 84 valence electrons. The third kappa shape index (κ3) is 1.99. The van der Waals surface area contributed by atoms with Gasteiger partial charge in [0.1, 0.15) is 5.54 Å². The fraction of sp³-hybridized carbons (Fsp3) is 0.800. The number of nitrogens with one attached hydrogen (secondary N) is 2. The van der Waals surface area contributed by atoms with E-state index in [2.05, 4.69) is 22.5 Å². The highest BCUT2D eigenvalue weighted by Crippen LogP contribution is 2.25. The summed E-state index contributed by atoms with van der Waals surface area (Å²) in [7, 11) is 0. The maximum atomic E-state index is 11.7. The molecule has 5 heteroatoms. The lowest BCUT2D eigenvalue weighted by Gasteiger charge is -2.37. The molecule has 2 N–H and O–H groups in total. The molecule has 1 spiro atoms. The molecule has 0 aromatic rings. The van der Waals surface area contributed by atoms with Gasteiger partial charge in [-0.2, -0.15) is 0 Å². The summed E-state index contributed by atoms with van der Waals surface area (Å²) in [6, 6.07) is 0. The van der Waals surface area contributed by atoms with Crippen LogP contribution in [0, 0.1) is 0 Å². The van der Waals surface area contributed by atoms with Gasteiger partial charge in [-0.3, -0.25) is 4.79 Å². The Morgan fingerprint density at radius 2 is 2.13 bits per heavy atom. The van der Waals surface area contributed by atoms with E-state index in [1.807, 2.05) is 0 Å². The summed E-state index contributed by atoms with van der Waals surface area (Å²) >= 11 is 4.97. The third-order valence-electron chi connectivity index (χ3n) is 3.26. The van der Waals surface area contributed by atoms with Crippen LogP contribution in [0.1, 0.15) is 26.2 Å². The Kier molecular flexibility index (Phi) is 2.93. The minimum absolute atomic E-state index is 0.0589. The quantitative estimate of drug-likeness (QED) is 0.663. The first-order chi connectivity index (χ1) is 7.16. The van der Waals surface area contributed by atoms with E-state index in [9.17, 15) is 4.79 Å². The van der Waals surface area contributed by atoms with Crippen LogP contribution < -0.4 is 10.6 Å². The maximum Gasteiger partial charge on any atom is 0.251 e. The summed E-state index contributed by atoms with van der Waals surface area (Å²) in [6.07, 6.45) is 2.89. The van der Waals surface area contributed by atoms with Crippen molar-refractivity contribution >= 4 is 23.2 Å². The van der Waals surface area contributed by atoms with Crippen LogP contribution in [0.4, 0.5) is 0 Å². The SMILES string of the molecule is CCCN1CCC2(CC1)NC(=S)NC2=O. The monoisotopic (exact) mass is 227 g/mol. The Morgan fingerprint density at radius 1 is 1.47 bits per heavy atom. The van der Waals surface area contributed by atoms with Crippen LogP contribution in [0.5, 0.6) is 0 Å². The normalized spacial score (nSPS) is 25.4. The molecule has 2 aliphatic rings. The van der Waals surface area contributed by atoms with E-state index in [-0.39, 0.29) is 5.91 Å². The van der Waals surface area contributed by atoms with Gasteiger partial charge >= 0.3 is 0 Å². The van der Waals surface area contributed by atoms with Gasteiger partial charge in [0.2, 0.25) is 0 Å². The molecule has 0 bridgehead atoms. The van der Waals surface area contributed by atoms with Crippen molar-refractivity contribution in [1.82, 2.24) is 15.5 Å². The Bertz CT molecular complexity index is 284. The summed E-state index contributed by atoms with van der Waals surface area (Å²) in [5.41, 5.74) is -0.401. The molecule has 0 aromatic heterocycles. The molecular formula is C10H17N3OS. The number of hydrogen-bond donors (Lipinski definition) is 2. The molecule has 2 aliphatic heterocycles. The maximum absolute atomic E-state index is 11.7. The van der Waals surface area contributed by atoms with E-state index >= 15 is 0 Å². The lowest BCUT2D eigenvalue weighted by atomic mass is 9.88. The zero-order valence-corrected chi connectivity index (χ0v) is 9.82. The van der Waals surface area contributed by atoms with Gasteiger partial charge in [0.15, 0.2) is 5.11 Å². The van der Waals surface area contributed by atoms with E-state index in [1.54, 1.807) is 0 Å². The number of thiocarbonyl (C=S) groups is 1. The first kappa shape index (κ1) is 10.8. The van der Waals surface area contributed by atoms with Crippen molar-refractivity contribution in [2.24, 2.45) is 0 Å². The number of piperidine rings is 1. The molecule has 0 unspecified atom stereocenters. The molecule has 0 saturated carbocycles. The molecule has 0 atom stereocenters. The molecule has 2 rings (SSSR count). The molecule has 2 saturated heterocycles. The van der Waals surface area contributed by atoms with Crippen molar-refractivity contribution in [3.63, 3.8) is 0 Å². The lowest BCUT2D eigenvalue weighted by molar-refractivity contribution is -0.125. The van der Waals surface area contributed by atoms with Gasteiger partial charge in [-0.15, -0.1) is 0 Å². The minimum atomic E-state index is -0.401. The Morgan fingerprint density at radius 3 is 2.60 bits per heavy atom. The second kappa shape index (κ2) is 4.06. The number of carbonyl (C=O) groups is 1. The molecule has 2 fully saturated rings. The highest BCUT2D eigenvalue weighted by molar-refractivity contribution is 7.80. The highest BCUT2D eigenvalue weighted by atomic mass is 32.1. The minimum Gasteiger partial charge on any atom is -0.348 e. The zero-order chi connectivity index (χ0) is 10.9.